The molecule has 0 bridgehead atoms. The molecule has 4 amide bonds. The Morgan fingerprint density at radius 2 is 1.71 bits per heavy atom. The highest BCUT2D eigenvalue weighted by Gasteiger charge is 2.25. The molecule has 1 aliphatic heterocycles. The molecular weight excluding hydrogens is 759 g/mol. The summed E-state index contributed by atoms with van der Waals surface area (Å²) in [4.78, 5) is 67.7. The number of hydrogen-bond acceptors (Lipinski definition) is 9. The van der Waals surface area contributed by atoms with Gasteiger partial charge in [-0.25, -0.2) is 4.98 Å². The van der Waals surface area contributed by atoms with Gasteiger partial charge in [0, 0.05) is 55.9 Å². The highest BCUT2D eigenvalue weighted by Crippen LogP contribution is 2.47. The molecule has 15 heteroatoms. The number of aliphatic carboxylic acids is 1. The van der Waals surface area contributed by atoms with E-state index in [1.165, 1.54) is 6.92 Å². The average molecular weight is 807 g/mol. The van der Waals surface area contributed by atoms with Crippen LogP contribution in [-0.4, -0.2) is 72.4 Å². The molecule has 2 aromatic heterocycles. The number of anilines is 1. The Morgan fingerprint density at radius 1 is 0.897 bits per heavy atom. The van der Waals surface area contributed by atoms with Crippen LogP contribution >= 0.6 is 11.8 Å². The summed E-state index contributed by atoms with van der Waals surface area (Å²) in [6, 6.07) is 23.6. The number of nitrogens with zero attached hydrogens (tertiary/aromatic N) is 3. The van der Waals surface area contributed by atoms with E-state index < -0.39 is 30.4 Å². The molecule has 5 aromatic rings. The van der Waals surface area contributed by atoms with Gasteiger partial charge in [0.25, 0.3) is 0 Å². The number of aryl methyl sites for hydroxylation is 1. The SMILES string of the molecule is CC(=O)NCCCC[C@H](NC(=O)CNC(=O)CCCCC[n+]1ccc(/C=C2\Sc3cc(-c4nc5ccccc5o4)ccc3N2C)c2ccccc21)C(=O)NCC(=O)O. The van der Waals surface area contributed by atoms with Gasteiger partial charge in [-0.15, -0.1) is 0 Å². The second-order valence-corrected chi connectivity index (χ2v) is 15.2. The van der Waals surface area contributed by atoms with E-state index in [2.05, 4.69) is 85.4 Å². The number of carbonyl (C=O) groups is 5. The van der Waals surface area contributed by atoms with Gasteiger partial charge in [-0.2, -0.15) is 4.57 Å². The van der Waals surface area contributed by atoms with E-state index in [9.17, 15) is 24.0 Å². The molecule has 0 spiro atoms. The van der Waals surface area contributed by atoms with Crippen molar-refractivity contribution in [3.05, 3.63) is 89.6 Å². The monoisotopic (exact) mass is 806 g/mol. The first-order valence-corrected chi connectivity index (χ1v) is 20.2. The van der Waals surface area contributed by atoms with Gasteiger partial charge >= 0.3 is 5.97 Å². The third-order valence-electron chi connectivity index (χ3n) is 9.75. The fourth-order valence-electron chi connectivity index (χ4n) is 6.74. The summed E-state index contributed by atoms with van der Waals surface area (Å²) < 4.78 is 8.26. The van der Waals surface area contributed by atoms with Crippen LogP contribution in [0.4, 0.5) is 5.69 Å². The largest absolute Gasteiger partial charge is 0.480 e. The molecule has 1 atom stereocenters. The third-order valence-corrected chi connectivity index (χ3v) is 10.9. The molecule has 1 aliphatic rings. The Morgan fingerprint density at radius 3 is 2.52 bits per heavy atom. The fraction of sp³-hybridized carbons (Fsp3) is 0.326. The number of thioether (sulfide) groups is 1. The van der Waals surface area contributed by atoms with E-state index >= 15 is 0 Å². The number of amides is 4. The number of para-hydroxylation sites is 3. The van der Waals surface area contributed by atoms with Crippen molar-refractivity contribution in [2.75, 3.05) is 31.6 Å². The normalized spacial score (nSPS) is 13.3. The summed E-state index contributed by atoms with van der Waals surface area (Å²) in [5, 5.41) is 21.3. The number of pyridine rings is 1. The van der Waals surface area contributed by atoms with Crippen molar-refractivity contribution in [3.8, 4) is 11.5 Å². The van der Waals surface area contributed by atoms with Crippen LogP contribution in [0.3, 0.4) is 0 Å². The van der Waals surface area contributed by atoms with Crippen LogP contribution in [0.1, 0.15) is 57.4 Å². The molecular formula is C43H48N7O7S+. The zero-order chi connectivity index (χ0) is 41.0. The maximum Gasteiger partial charge on any atom is 0.322 e. The molecule has 6 rings (SSSR count). The van der Waals surface area contributed by atoms with E-state index in [0.717, 1.165) is 68.1 Å². The van der Waals surface area contributed by atoms with Crippen molar-refractivity contribution in [3.63, 3.8) is 0 Å². The van der Waals surface area contributed by atoms with E-state index in [1.54, 1.807) is 11.8 Å². The quantitative estimate of drug-likeness (QED) is 0.0553. The van der Waals surface area contributed by atoms with Crippen molar-refractivity contribution >= 4 is 75.1 Å². The lowest BCUT2D eigenvalue weighted by Gasteiger charge is -2.18. The Bertz CT molecular complexity index is 2310. The number of fused-ring (bicyclic) bond motifs is 3. The highest BCUT2D eigenvalue weighted by atomic mass is 32.2. The fourth-order valence-corrected chi connectivity index (χ4v) is 7.88. The predicted octanol–water partition coefficient (Wildman–Crippen LogP) is 5.14. The Hall–Kier alpha value is -6.22. The number of aromatic nitrogens is 2. The summed E-state index contributed by atoms with van der Waals surface area (Å²) in [5.74, 6) is -2.22. The van der Waals surface area contributed by atoms with E-state index in [-0.39, 0.29) is 31.2 Å². The van der Waals surface area contributed by atoms with Gasteiger partial charge in [0.15, 0.2) is 11.8 Å². The molecule has 0 radical (unpaired) electrons. The first-order chi connectivity index (χ1) is 28.0. The first-order valence-electron chi connectivity index (χ1n) is 19.4. The minimum Gasteiger partial charge on any atom is -0.480 e. The van der Waals surface area contributed by atoms with Gasteiger partial charge in [-0.1, -0.05) is 36.0 Å². The molecule has 0 unspecified atom stereocenters. The minimum atomic E-state index is -1.21. The van der Waals surface area contributed by atoms with Crippen molar-refractivity contribution < 1.29 is 38.1 Å². The van der Waals surface area contributed by atoms with Crippen LogP contribution in [0.5, 0.6) is 0 Å². The van der Waals surface area contributed by atoms with Crippen LogP contribution in [0.2, 0.25) is 0 Å². The zero-order valence-corrected chi connectivity index (χ0v) is 33.4. The van der Waals surface area contributed by atoms with Gasteiger partial charge in [0.2, 0.25) is 35.0 Å². The molecule has 5 N–H and O–H groups in total. The number of carbonyl (C=O) groups excluding carboxylic acids is 4. The average Bonchev–Trinajstić information content (AvgIpc) is 3.79. The summed E-state index contributed by atoms with van der Waals surface area (Å²) in [6.45, 7) is 1.71. The minimum absolute atomic E-state index is 0.167. The lowest BCUT2D eigenvalue weighted by Crippen LogP contribution is -2.50. The topological polar surface area (TPSA) is 187 Å². The smallest absolute Gasteiger partial charge is 0.322 e. The van der Waals surface area contributed by atoms with Crippen LogP contribution in [0, 0.1) is 0 Å². The zero-order valence-electron chi connectivity index (χ0n) is 32.6. The van der Waals surface area contributed by atoms with Crippen LogP contribution < -0.4 is 30.7 Å². The number of hydrogen-bond donors (Lipinski definition) is 5. The summed E-state index contributed by atoms with van der Waals surface area (Å²) in [5.41, 5.74) is 5.89. The van der Waals surface area contributed by atoms with Crippen molar-refractivity contribution in [1.82, 2.24) is 26.3 Å². The molecule has 0 fully saturated rings. The summed E-state index contributed by atoms with van der Waals surface area (Å²) >= 11 is 1.72. The Kier molecular flexibility index (Phi) is 14.1. The molecule has 58 heavy (non-hydrogen) atoms. The summed E-state index contributed by atoms with van der Waals surface area (Å²) in [7, 11) is 2.08. The van der Waals surface area contributed by atoms with Crippen molar-refractivity contribution in [2.45, 2.75) is 69.4 Å². The summed E-state index contributed by atoms with van der Waals surface area (Å²) in [6.07, 6.45) is 8.21. The van der Waals surface area contributed by atoms with Gasteiger partial charge < -0.3 is 35.7 Å². The predicted molar refractivity (Wildman–Crippen MR) is 222 cm³/mol. The molecule has 0 saturated heterocycles. The van der Waals surface area contributed by atoms with Gasteiger partial charge in [0.1, 0.15) is 24.6 Å². The van der Waals surface area contributed by atoms with Crippen LogP contribution in [0.15, 0.2) is 93.3 Å². The van der Waals surface area contributed by atoms with Crippen LogP contribution in [0.25, 0.3) is 39.5 Å². The lowest BCUT2D eigenvalue weighted by molar-refractivity contribution is -0.671. The second kappa shape index (κ2) is 19.8. The Balaban J connectivity index is 0.971. The molecule has 3 heterocycles. The lowest BCUT2D eigenvalue weighted by atomic mass is 10.1. The first kappa shape index (κ1) is 41.4. The highest BCUT2D eigenvalue weighted by molar-refractivity contribution is 8.03. The van der Waals surface area contributed by atoms with E-state index in [4.69, 9.17) is 9.52 Å². The maximum absolute atomic E-state index is 12.6. The number of carboxylic acids is 1. The Labute approximate surface area is 340 Å². The molecule has 14 nitrogen and oxygen atoms in total. The molecule has 302 valence electrons. The number of oxazole rings is 1. The number of nitrogens with one attached hydrogen (secondary N) is 4. The number of carboxylic acid groups (broad SMARTS) is 1. The van der Waals surface area contributed by atoms with Crippen LogP contribution in [-0.2, 0) is 30.5 Å². The van der Waals surface area contributed by atoms with Crippen molar-refractivity contribution in [1.29, 1.82) is 0 Å². The third kappa shape index (κ3) is 11.0. The number of benzene rings is 3. The number of unbranched alkanes of at least 4 members (excludes halogenated alkanes) is 3. The van der Waals surface area contributed by atoms with Gasteiger partial charge in [0.05, 0.1) is 22.6 Å². The molecule has 0 saturated carbocycles. The molecule has 0 aliphatic carbocycles. The maximum atomic E-state index is 12.6. The standard InChI is InChI=1S/C43H47N7O7S/c1-28(51)44-21-10-9-14-33(42(56)46-27-41(54)55)47-39(53)26-45-38(52)17-4-3-11-22-50-23-20-29(31-12-5-7-15-34(31)50)25-40-49(2)35-19-18-30(24-37(35)58-40)43-48-32-13-6-8-16-36(32)57-43/h5-8,12-13,15-16,18-20,23-25,33H,3-4,9-11,14,17,21-22,26-27H2,1-2H3,(H4-,44,45,46,47,51,52,53,54,55,56)/p+1/t33-/m0/s1. The van der Waals surface area contributed by atoms with Gasteiger partial charge in [-0.05, 0) is 80.1 Å². The second-order valence-electron chi connectivity index (χ2n) is 14.1. The number of rotatable bonds is 19. The van der Waals surface area contributed by atoms with Gasteiger partial charge in [-0.3, -0.25) is 24.0 Å². The van der Waals surface area contributed by atoms with E-state index in [1.807, 2.05) is 42.5 Å². The van der Waals surface area contributed by atoms with Crippen molar-refractivity contribution in [2.24, 2.45) is 0 Å². The molecule has 3 aromatic carbocycles. The van der Waals surface area contributed by atoms with E-state index in [0.29, 0.717) is 31.7 Å².